The molecule has 1 aromatic heterocycles. The minimum atomic E-state index is -0.342. The highest BCUT2D eigenvalue weighted by Crippen LogP contribution is 2.36. The van der Waals surface area contributed by atoms with E-state index >= 15 is 0 Å². The molecule has 0 atom stereocenters. The second-order valence-electron chi connectivity index (χ2n) is 7.41. The predicted molar refractivity (Wildman–Crippen MR) is 147 cm³/mol. The Hall–Kier alpha value is -3.59. The molecular weight excluding hydrogens is 519 g/mol. The number of benzene rings is 3. The lowest BCUT2D eigenvalue weighted by molar-refractivity contribution is 0.0955. The molecule has 0 aliphatic heterocycles. The van der Waals surface area contributed by atoms with Gasteiger partial charge in [-0.2, -0.15) is 5.10 Å². The average molecular weight is 541 g/mol. The van der Waals surface area contributed by atoms with E-state index in [9.17, 15) is 4.79 Å². The SMILES string of the molecule is CCOc1cc(/C=N\NC(=O)c2ccc(-c3csc(Nc4ccc(Cl)cc4)n3)cc2)cc(Cl)c1OC. The summed E-state index contributed by atoms with van der Waals surface area (Å²) in [5.41, 5.74) is 6.25. The van der Waals surface area contributed by atoms with Gasteiger partial charge in [-0.1, -0.05) is 35.3 Å². The van der Waals surface area contributed by atoms with Crippen molar-refractivity contribution >= 4 is 57.5 Å². The minimum Gasteiger partial charge on any atom is -0.491 e. The van der Waals surface area contributed by atoms with E-state index in [4.69, 9.17) is 32.7 Å². The number of thiazole rings is 1. The number of carbonyl (C=O) groups excluding carboxylic acids is 1. The molecule has 184 valence electrons. The molecule has 0 unspecified atom stereocenters. The second kappa shape index (κ2) is 11.9. The van der Waals surface area contributed by atoms with Gasteiger partial charge in [0.15, 0.2) is 16.6 Å². The van der Waals surface area contributed by atoms with Crippen molar-refractivity contribution in [1.29, 1.82) is 0 Å². The zero-order chi connectivity index (χ0) is 25.5. The summed E-state index contributed by atoms with van der Waals surface area (Å²) in [6.07, 6.45) is 1.49. The van der Waals surface area contributed by atoms with E-state index in [1.807, 2.05) is 48.7 Å². The molecule has 0 bridgehead atoms. The molecule has 36 heavy (non-hydrogen) atoms. The highest BCUT2D eigenvalue weighted by atomic mass is 35.5. The number of nitrogens with zero attached hydrogens (tertiary/aromatic N) is 2. The third-order valence-electron chi connectivity index (χ3n) is 4.96. The van der Waals surface area contributed by atoms with Gasteiger partial charge < -0.3 is 14.8 Å². The Bertz CT molecular complexity index is 1370. The van der Waals surface area contributed by atoms with Gasteiger partial charge in [0.2, 0.25) is 0 Å². The van der Waals surface area contributed by atoms with Gasteiger partial charge in [0.1, 0.15) is 0 Å². The normalized spacial score (nSPS) is 10.9. The van der Waals surface area contributed by atoms with Crippen LogP contribution in [-0.2, 0) is 0 Å². The smallest absolute Gasteiger partial charge is 0.271 e. The Balaban J connectivity index is 1.38. The Morgan fingerprint density at radius 1 is 1.11 bits per heavy atom. The Morgan fingerprint density at radius 3 is 2.56 bits per heavy atom. The van der Waals surface area contributed by atoms with Crippen molar-refractivity contribution < 1.29 is 14.3 Å². The van der Waals surface area contributed by atoms with Crippen LogP contribution < -0.4 is 20.2 Å². The van der Waals surface area contributed by atoms with E-state index in [1.54, 1.807) is 24.3 Å². The van der Waals surface area contributed by atoms with Crippen LogP contribution in [0.3, 0.4) is 0 Å². The van der Waals surface area contributed by atoms with E-state index in [0.29, 0.717) is 39.3 Å². The first-order valence-electron chi connectivity index (χ1n) is 10.9. The number of halogens is 2. The number of anilines is 2. The Morgan fingerprint density at radius 2 is 1.86 bits per heavy atom. The molecule has 2 N–H and O–H groups in total. The van der Waals surface area contributed by atoms with Crippen LogP contribution in [0.1, 0.15) is 22.8 Å². The van der Waals surface area contributed by atoms with Crippen LogP contribution in [0.2, 0.25) is 10.0 Å². The second-order valence-corrected chi connectivity index (χ2v) is 9.12. The molecule has 1 heterocycles. The molecule has 4 rings (SSSR count). The summed E-state index contributed by atoms with van der Waals surface area (Å²) in [7, 11) is 1.52. The fraction of sp³-hybridized carbons (Fsp3) is 0.115. The van der Waals surface area contributed by atoms with Crippen molar-refractivity contribution in [3.8, 4) is 22.8 Å². The van der Waals surface area contributed by atoms with Crippen LogP contribution in [0, 0.1) is 0 Å². The van der Waals surface area contributed by atoms with Crippen molar-refractivity contribution in [2.75, 3.05) is 19.0 Å². The van der Waals surface area contributed by atoms with Gasteiger partial charge in [0, 0.05) is 27.2 Å². The summed E-state index contributed by atoms with van der Waals surface area (Å²) in [6.45, 7) is 2.33. The molecule has 7 nitrogen and oxygen atoms in total. The van der Waals surface area contributed by atoms with Gasteiger partial charge in [-0.25, -0.2) is 10.4 Å². The molecule has 10 heteroatoms. The molecule has 0 saturated carbocycles. The van der Waals surface area contributed by atoms with E-state index < -0.39 is 0 Å². The summed E-state index contributed by atoms with van der Waals surface area (Å²) in [6, 6.07) is 18.0. The lowest BCUT2D eigenvalue weighted by atomic mass is 10.1. The van der Waals surface area contributed by atoms with Crippen LogP contribution in [0.5, 0.6) is 11.5 Å². The minimum absolute atomic E-state index is 0.342. The van der Waals surface area contributed by atoms with Crippen molar-refractivity contribution in [3.63, 3.8) is 0 Å². The zero-order valence-corrected chi connectivity index (χ0v) is 21.7. The first-order valence-corrected chi connectivity index (χ1v) is 12.5. The summed E-state index contributed by atoms with van der Waals surface area (Å²) in [4.78, 5) is 17.1. The molecule has 1 amide bonds. The van der Waals surface area contributed by atoms with Crippen molar-refractivity contribution in [1.82, 2.24) is 10.4 Å². The fourth-order valence-electron chi connectivity index (χ4n) is 3.27. The molecule has 0 radical (unpaired) electrons. The van der Waals surface area contributed by atoms with Crippen molar-refractivity contribution in [2.24, 2.45) is 5.10 Å². The van der Waals surface area contributed by atoms with Gasteiger partial charge in [0.05, 0.1) is 30.6 Å². The number of hydrogen-bond acceptors (Lipinski definition) is 7. The number of methoxy groups -OCH3 is 1. The standard InChI is InChI=1S/C26H22Cl2N4O3S/c1-3-35-23-13-16(12-21(28)24(23)34-2)14-29-32-25(33)18-6-4-17(5-7-18)22-15-36-26(31-22)30-20-10-8-19(27)9-11-20/h4-15H,3H2,1-2H3,(H,30,31)(H,32,33)/b29-14-. The number of ether oxygens (including phenoxy) is 2. The molecule has 0 spiro atoms. The summed E-state index contributed by atoms with van der Waals surface area (Å²) < 4.78 is 10.8. The maximum atomic E-state index is 12.5. The number of hydrazone groups is 1. The quantitative estimate of drug-likeness (QED) is 0.176. The number of carbonyl (C=O) groups is 1. The average Bonchev–Trinajstić information content (AvgIpc) is 3.34. The van der Waals surface area contributed by atoms with Gasteiger partial charge in [-0.15, -0.1) is 11.3 Å². The number of aromatic nitrogens is 1. The van der Waals surface area contributed by atoms with Crippen LogP contribution in [0.4, 0.5) is 10.8 Å². The lowest BCUT2D eigenvalue weighted by Gasteiger charge is -2.11. The summed E-state index contributed by atoms with van der Waals surface area (Å²) in [5.74, 6) is 0.614. The van der Waals surface area contributed by atoms with Crippen LogP contribution >= 0.6 is 34.5 Å². The summed E-state index contributed by atoms with van der Waals surface area (Å²) >= 11 is 13.7. The van der Waals surface area contributed by atoms with Gasteiger partial charge in [-0.05, 0) is 61.0 Å². The molecule has 3 aromatic carbocycles. The molecule has 0 fully saturated rings. The lowest BCUT2D eigenvalue weighted by Crippen LogP contribution is -2.17. The monoisotopic (exact) mass is 540 g/mol. The van der Waals surface area contributed by atoms with Crippen LogP contribution in [0.25, 0.3) is 11.3 Å². The topological polar surface area (TPSA) is 84.8 Å². The first kappa shape index (κ1) is 25.5. The van der Waals surface area contributed by atoms with E-state index in [0.717, 1.165) is 22.1 Å². The zero-order valence-electron chi connectivity index (χ0n) is 19.4. The first-order chi connectivity index (χ1) is 17.5. The van der Waals surface area contributed by atoms with Crippen molar-refractivity contribution in [3.05, 3.63) is 87.2 Å². The number of rotatable bonds is 9. The largest absolute Gasteiger partial charge is 0.491 e. The van der Waals surface area contributed by atoms with E-state index in [2.05, 4.69) is 20.8 Å². The number of amides is 1. The molecule has 0 aliphatic carbocycles. The predicted octanol–water partition coefficient (Wildman–Crippen LogP) is 7.03. The Kier molecular flexibility index (Phi) is 8.43. The van der Waals surface area contributed by atoms with Crippen LogP contribution in [0.15, 0.2) is 71.1 Å². The van der Waals surface area contributed by atoms with Gasteiger partial charge in [-0.3, -0.25) is 4.79 Å². The Labute approximate surface area is 222 Å². The third kappa shape index (κ3) is 6.34. The molecule has 0 aliphatic rings. The van der Waals surface area contributed by atoms with Gasteiger partial charge >= 0.3 is 0 Å². The van der Waals surface area contributed by atoms with Crippen LogP contribution in [-0.4, -0.2) is 30.8 Å². The van der Waals surface area contributed by atoms with Gasteiger partial charge in [0.25, 0.3) is 5.91 Å². The third-order valence-corrected chi connectivity index (χ3v) is 6.25. The molecule has 4 aromatic rings. The number of nitrogens with one attached hydrogen (secondary N) is 2. The van der Waals surface area contributed by atoms with E-state index in [1.165, 1.54) is 24.7 Å². The summed E-state index contributed by atoms with van der Waals surface area (Å²) in [5, 5.41) is 11.1. The van der Waals surface area contributed by atoms with Crippen molar-refractivity contribution in [2.45, 2.75) is 6.92 Å². The molecular formula is C26H22Cl2N4O3S. The molecule has 0 saturated heterocycles. The maximum absolute atomic E-state index is 12.5. The fourth-order valence-corrected chi connectivity index (χ4v) is 4.43. The maximum Gasteiger partial charge on any atom is 0.271 e. The highest BCUT2D eigenvalue weighted by molar-refractivity contribution is 7.14. The number of hydrogen-bond donors (Lipinski definition) is 2. The van der Waals surface area contributed by atoms with E-state index in [-0.39, 0.29) is 5.91 Å². The highest BCUT2D eigenvalue weighted by Gasteiger charge is 2.11.